The van der Waals surface area contributed by atoms with Crippen LogP contribution in [0.2, 0.25) is 0 Å². The van der Waals surface area contributed by atoms with Crippen LogP contribution in [0.4, 0.5) is 0 Å². The quantitative estimate of drug-likeness (QED) is 0.533. The molecular formula is C18H21NO2. The van der Waals surface area contributed by atoms with Gasteiger partial charge in [0.1, 0.15) is 12.4 Å². The molecule has 3 nitrogen and oxygen atoms in total. The molecule has 0 radical (unpaired) electrons. The van der Waals surface area contributed by atoms with E-state index in [9.17, 15) is 5.21 Å². The topological polar surface area (TPSA) is 46.3 Å². The third-order valence-corrected chi connectivity index (χ3v) is 3.24. The van der Waals surface area contributed by atoms with Crippen molar-refractivity contribution < 1.29 is 9.89 Å². The summed E-state index contributed by atoms with van der Waals surface area (Å²) in [6.45, 7) is 6.56. The molecule has 2 rings (SSSR count). The van der Waals surface area contributed by atoms with Crippen LogP contribution in [-0.4, -0.2) is 5.71 Å². The highest BCUT2D eigenvalue weighted by Crippen LogP contribution is 2.21. The molecule has 0 atom stereocenters. The van der Waals surface area contributed by atoms with E-state index < -0.39 is 0 Å². The normalized spacial score (nSPS) is 12.2. The summed E-state index contributed by atoms with van der Waals surface area (Å²) < 4.78 is 5.74. The van der Waals surface area contributed by atoms with Crippen molar-refractivity contribution in [1.82, 2.24) is 0 Å². The van der Waals surface area contributed by atoms with E-state index in [1.165, 1.54) is 0 Å². The second-order valence-corrected chi connectivity index (χ2v) is 6.03. The highest BCUT2D eigenvalue weighted by molar-refractivity contribution is 6.00. The zero-order valence-corrected chi connectivity index (χ0v) is 12.7. The van der Waals surface area contributed by atoms with Gasteiger partial charge in [-0.1, -0.05) is 51.1 Å². The number of hydrogen-bond acceptors (Lipinski definition) is 2. The molecule has 0 bridgehead atoms. The Hall–Kier alpha value is -2.29. The minimum atomic E-state index is -0.214. The predicted octanol–water partition coefficient (Wildman–Crippen LogP) is 2.68. The van der Waals surface area contributed by atoms with Crippen molar-refractivity contribution in [3.63, 3.8) is 0 Å². The van der Waals surface area contributed by atoms with Gasteiger partial charge in [0.2, 0.25) is 0 Å². The van der Waals surface area contributed by atoms with Crippen LogP contribution in [0.3, 0.4) is 0 Å². The lowest BCUT2D eigenvalue weighted by atomic mass is 9.86. The van der Waals surface area contributed by atoms with Crippen LogP contribution in [0.25, 0.3) is 0 Å². The van der Waals surface area contributed by atoms with E-state index in [-0.39, 0.29) is 5.41 Å². The van der Waals surface area contributed by atoms with Crippen molar-refractivity contribution in [2.45, 2.75) is 27.4 Å². The molecular weight excluding hydrogens is 262 g/mol. The van der Waals surface area contributed by atoms with Gasteiger partial charge < -0.3 is 9.94 Å². The highest BCUT2D eigenvalue weighted by Gasteiger charge is 2.25. The van der Waals surface area contributed by atoms with E-state index in [2.05, 4.69) is 5.16 Å². The molecule has 0 unspecified atom stereocenters. The number of benzene rings is 2. The first-order chi connectivity index (χ1) is 10.0. The number of rotatable bonds is 4. The maximum Gasteiger partial charge on any atom is 0.197 e. The fourth-order valence-corrected chi connectivity index (χ4v) is 2.10. The largest absolute Gasteiger partial charge is 0.625 e. The molecule has 0 aliphatic carbocycles. The summed E-state index contributed by atoms with van der Waals surface area (Å²) in [6, 6.07) is 17.6. The predicted molar refractivity (Wildman–Crippen MR) is 85.1 cm³/mol. The number of ether oxygens (including phenoxy) is 1. The maximum atomic E-state index is 11.2. The molecule has 21 heavy (non-hydrogen) atoms. The molecule has 0 aliphatic heterocycles. The lowest BCUT2D eigenvalue weighted by molar-refractivity contribution is -0.377. The summed E-state index contributed by atoms with van der Waals surface area (Å²) in [4.78, 5) is 0. The summed E-state index contributed by atoms with van der Waals surface area (Å²) in [5.74, 6) is 0.793. The molecule has 1 N–H and O–H groups in total. The first-order valence-corrected chi connectivity index (χ1v) is 7.03. The molecule has 0 amide bonds. The van der Waals surface area contributed by atoms with Gasteiger partial charge in [-0.3, -0.25) is 0 Å². The first-order valence-electron chi connectivity index (χ1n) is 7.03. The highest BCUT2D eigenvalue weighted by atomic mass is 16.5. The van der Waals surface area contributed by atoms with Gasteiger partial charge in [0.05, 0.1) is 0 Å². The third kappa shape index (κ3) is 4.09. The van der Waals surface area contributed by atoms with Crippen molar-refractivity contribution in [3.05, 3.63) is 70.9 Å². The van der Waals surface area contributed by atoms with Crippen LogP contribution in [-0.2, 0) is 6.61 Å². The zero-order chi connectivity index (χ0) is 15.3. The van der Waals surface area contributed by atoms with Gasteiger partial charge in [0, 0.05) is 11.0 Å². The summed E-state index contributed by atoms with van der Waals surface area (Å²) in [5.41, 5.74) is 2.49. The fraction of sp³-hybridized carbons (Fsp3) is 0.278. The van der Waals surface area contributed by atoms with Gasteiger partial charge in [-0.15, -0.1) is 0 Å². The minimum absolute atomic E-state index is 0.214. The van der Waals surface area contributed by atoms with Crippen LogP contribution in [0.5, 0.6) is 5.75 Å². The monoisotopic (exact) mass is 283 g/mol. The molecule has 0 aliphatic rings. The first kappa shape index (κ1) is 15.1. The van der Waals surface area contributed by atoms with Crippen molar-refractivity contribution in [2.75, 3.05) is 0 Å². The molecule has 0 fully saturated rings. The number of nitrogens with one attached hydrogen (secondary N) is 1. The smallest absolute Gasteiger partial charge is 0.197 e. The summed E-state index contributed by atoms with van der Waals surface area (Å²) >= 11 is 0. The SMILES string of the molecule is CC(C)(C)C(=[NH+][O-])c1ccc(OCc2ccccc2)cc1. The van der Waals surface area contributed by atoms with Crippen LogP contribution >= 0.6 is 0 Å². The van der Waals surface area contributed by atoms with Crippen molar-refractivity contribution in [2.24, 2.45) is 5.41 Å². The molecule has 0 heterocycles. The average Bonchev–Trinajstić information content (AvgIpc) is 2.47. The second kappa shape index (κ2) is 6.44. The summed E-state index contributed by atoms with van der Waals surface area (Å²) in [7, 11) is 0. The van der Waals surface area contributed by atoms with Crippen molar-refractivity contribution in [3.8, 4) is 5.75 Å². The van der Waals surface area contributed by atoms with E-state index in [4.69, 9.17) is 4.74 Å². The Balaban J connectivity index is 2.06. The third-order valence-electron chi connectivity index (χ3n) is 3.24. The molecule has 0 saturated heterocycles. The van der Waals surface area contributed by atoms with Gasteiger partial charge in [-0.2, -0.15) is 0 Å². The Morgan fingerprint density at radius 1 is 1.00 bits per heavy atom. The molecule has 3 heteroatoms. The average molecular weight is 283 g/mol. The van der Waals surface area contributed by atoms with Crippen molar-refractivity contribution in [1.29, 1.82) is 0 Å². The molecule has 0 aromatic heterocycles. The molecule has 110 valence electrons. The summed E-state index contributed by atoms with van der Waals surface area (Å²) in [6.07, 6.45) is 0. The second-order valence-electron chi connectivity index (χ2n) is 6.03. The Bertz CT molecular complexity index is 595. The molecule has 0 spiro atoms. The fourth-order valence-electron chi connectivity index (χ4n) is 2.10. The molecule has 0 saturated carbocycles. The standard InChI is InChI=1S/C18H21NO2/c1-18(2,3)17(19-20)15-9-11-16(12-10-15)21-13-14-7-5-4-6-8-14/h4-12,19H,13H2,1-3H3. The Labute approximate surface area is 125 Å². The van der Waals surface area contributed by atoms with Gasteiger partial charge in [0.25, 0.3) is 0 Å². The molecule has 2 aromatic carbocycles. The van der Waals surface area contributed by atoms with Crippen LogP contribution < -0.4 is 9.89 Å². The minimum Gasteiger partial charge on any atom is -0.625 e. The number of hydrogen-bond donors (Lipinski definition) is 1. The lowest BCUT2D eigenvalue weighted by Gasteiger charge is -2.17. The van der Waals surface area contributed by atoms with E-state index in [1.54, 1.807) is 0 Å². The maximum absolute atomic E-state index is 11.2. The summed E-state index contributed by atoms with van der Waals surface area (Å²) in [5, 5.41) is 13.2. The van der Waals surface area contributed by atoms with E-state index in [0.29, 0.717) is 12.3 Å². The van der Waals surface area contributed by atoms with Crippen LogP contribution in [0.1, 0.15) is 31.9 Å². The lowest BCUT2D eigenvalue weighted by Crippen LogP contribution is -2.69. The zero-order valence-electron chi connectivity index (χ0n) is 12.7. The van der Waals surface area contributed by atoms with Gasteiger partial charge in [0.15, 0.2) is 5.71 Å². The van der Waals surface area contributed by atoms with Gasteiger partial charge in [-0.25, -0.2) is 5.16 Å². The van der Waals surface area contributed by atoms with E-state index >= 15 is 0 Å². The Kier molecular flexibility index (Phi) is 4.63. The Morgan fingerprint density at radius 3 is 2.14 bits per heavy atom. The Morgan fingerprint density at radius 2 is 1.62 bits per heavy atom. The van der Waals surface area contributed by atoms with Gasteiger partial charge in [-0.05, 0) is 29.8 Å². The van der Waals surface area contributed by atoms with Crippen LogP contribution in [0.15, 0.2) is 54.6 Å². The van der Waals surface area contributed by atoms with E-state index in [1.807, 2.05) is 75.4 Å². The van der Waals surface area contributed by atoms with E-state index in [0.717, 1.165) is 16.9 Å². The molecule has 2 aromatic rings. The van der Waals surface area contributed by atoms with Crippen LogP contribution in [0, 0.1) is 10.6 Å². The van der Waals surface area contributed by atoms with Gasteiger partial charge >= 0.3 is 0 Å². The van der Waals surface area contributed by atoms with Crippen molar-refractivity contribution >= 4 is 5.71 Å².